The summed E-state index contributed by atoms with van der Waals surface area (Å²) in [6.07, 6.45) is 0. The van der Waals surface area contributed by atoms with Gasteiger partial charge >= 0.3 is 0 Å². The summed E-state index contributed by atoms with van der Waals surface area (Å²) in [6, 6.07) is 39.8. The number of phenolic OH excluding ortho intramolecular Hbond substituents is 2. The van der Waals surface area contributed by atoms with E-state index in [-0.39, 0.29) is 11.5 Å². The number of aromatic hydroxyl groups is 2. The Labute approximate surface area is 269 Å². The minimum atomic E-state index is 0.204. The summed E-state index contributed by atoms with van der Waals surface area (Å²) >= 11 is 0. The van der Waals surface area contributed by atoms with Gasteiger partial charge in [0.2, 0.25) is 0 Å². The molecule has 0 atom stereocenters. The zero-order valence-corrected chi connectivity index (χ0v) is 25.2. The molecule has 0 saturated heterocycles. The number of phenols is 2. The fourth-order valence-corrected chi connectivity index (χ4v) is 7.36. The van der Waals surface area contributed by atoms with Gasteiger partial charge in [0.1, 0.15) is 33.8 Å². The maximum atomic E-state index is 11.3. The molecular formula is C39H28N4O4. The average molecular weight is 617 g/mol. The van der Waals surface area contributed by atoms with Gasteiger partial charge in [0, 0.05) is 33.7 Å². The van der Waals surface area contributed by atoms with Crippen molar-refractivity contribution in [1.29, 1.82) is 0 Å². The number of para-hydroxylation sites is 6. The van der Waals surface area contributed by atoms with E-state index in [1.807, 2.05) is 97.1 Å². The first-order valence-electron chi connectivity index (χ1n) is 15.6. The van der Waals surface area contributed by atoms with E-state index in [9.17, 15) is 10.2 Å². The fourth-order valence-electron chi connectivity index (χ4n) is 7.36. The van der Waals surface area contributed by atoms with Crippen LogP contribution >= 0.6 is 0 Å². The van der Waals surface area contributed by atoms with Crippen molar-refractivity contribution in [2.75, 3.05) is 39.6 Å². The van der Waals surface area contributed by atoms with Crippen molar-refractivity contribution >= 4 is 78.0 Å². The van der Waals surface area contributed by atoms with Crippen molar-refractivity contribution in [2.24, 2.45) is 0 Å². The van der Waals surface area contributed by atoms with Gasteiger partial charge in [-0.25, -0.2) is 0 Å². The number of rotatable bonds is 4. The molecule has 4 heterocycles. The molecule has 0 saturated carbocycles. The lowest BCUT2D eigenvalue weighted by Crippen LogP contribution is -2.40. The van der Waals surface area contributed by atoms with E-state index in [0.29, 0.717) is 31.4 Å². The van der Waals surface area contributed by atoms with Crippen molar-refractivity contribution < 1.29 is 19.0 Å². The molecule has 10 rings (SSSR count). The van der Waals surface area contributed by atoms with Gasteiger partial charge in [-0.2, -0.15) is 0 Å². The van der Waals surface area contributed by atoms with Gasteiger partial charge in [0.05, 0.1) is 54.1 Å². The third-order valence-electron chi connectivity index (χ3n) is 9.52. The average Bonchev–Trinajstić information content (AvgIpc) is 3.85. The second-order valence-corrected chi connectivity index (χ2v) is 12.2. The molecule has 0 amide bonds. The van der Waals surface area contributed by atoms with Crippen LogP contribution in [0.5, 0.6) is 11.5 Å². The van der Waals surface area contributed by atoms with Crippen molar-refractivity contribution in [1.82, 2.24) is 0 Å². The molecule has 228 valence electrons. The minimum absolute atomic E-state index is 0.204. The standard InChI is InChI=1S/C39H28N4O4/c44-34-17-26-24-9-1-7-15-36(24)46-38(26)19-32(34)42-22-40(28-11-3-5-13-30(28)42)21-41-23-43(31-14-6-4-12-29(31)41)33-20-39-27(18-35(33)45)25-10-2-8-16-37(25)47-39/h1-20,44-45H,21-23H2. The Hall–Kier alpha value is -6.28. The van der Waals surface area contributed by atoms with Crippen LogP contribution in [-0.4, -0.2) is 30.2 Å². The Bertz CT molecular complexity index is 2360. The zero-order chi connectivity index (χ0) is 31.2. The molecule has 6 aromatic carbocycles. The highest BCUT2D eigenvalue weighted by atomic mass is 16.3. The molecule has 47 heavy (non-hydrogen) atoms. The molecular weight excluding hydrogens is 588 g/mol. The molecule has 8 aromatic rings. The first kappa shape index (κ1) is 26.0. The van der Waals surface area contributed by atoms with E-state index in [4.69, 9.17) is 8.83 Å². The van der Waals surface area contributed by atoms with Crippen LogP contribution in [-0.2, 0) is 0 Å². The molecule has 2 aliphatic rings. The topological polar surface area (TPSA) is 79.7 Å². The molecule has 8 heteroatoms. The van der Waals surface area contributed by atoms with E-state index in [1.54, 1.807) is 0 Å². The number of hydrogen-bond acceptors (Lipinski definition) is 8. The number of furan rings is 2. The highest BCUT2D eigenvalue weighted by Crippen LogP contribution is 2.49. The van der Waals surface area contributed by atoms with Gasteiger partial charge in [-0.05, 0) is 48.5 Å². The van der Waals surface area contributed by atoms with E-state index < -0.39 is 0 Å². The molecule has 0 spiro atoms. The highest BCUT2D eigenvalue weighted by molar-refractivity contribution is 6.08. The summed E-state index contributed by atoms with van der Waals surface area (Å²) in [5.74, 6) is 0.407. The molecule has 0 aliphatic carbocycles. The van der Waals surface area contributed by atoms with Gasteiger partial charge < -0.3 is 38.6 Å². The molecule has 0 fully saturated rings. The predicted molar refractivity (Wildman–Crippen MR) is 187 cm³/mol. The zero-order valence-electron chi connectivity index (χ0n) is 25.2. The van der Waals surface area contributed by atoms with E-state index in [1.165, 1.54) is 0 Å². The predicted octanol–water partition coefficient (Wildman–Crippen LogP) is 9.39. The van der Waals surface area contributed by atoms with Crippen LogP contribution in [0.2, 0.25) is 0 Å². The van der Waals surface area contributed by atoms with E-state index in [2.05, 4.69) is 43.9 Å². The smallest absolute Gasteiger partial charge is 0.140 e. The first-order valence-corrected chi connectivity index (χ1v) is 15.6. The second-order valence-electron chi connectivity index (χ2n) is 12.2. The minimum Gasteiger partial charge on any atom is -0.506 e. The molecule has 2 aromatic heterocycles. The molecule has 0 bridgehead atoms. The SMILES string of the molecule is Oc1cc2c(cc1N1CN(CN3CN(c4cc5oc6ccccc6c5cc4O)c4ccccc43)c3ccccc31)oc1ccccc12. The molecule has 2 N–H and O–H groups in total. The van der Waals surface area contributed by atoms with Gasteiger partial charge in [-0.15, -0.1) is 0 Å². The van der Waals surface area contributed by atoms with Crippen LogP contribution in [0.4, 0.5) is 34.1 Å². The first-order chi connectivity index (χ1) is 23.1. The summed E-state index contributed by atoms with van der Waals surface area (Å²) in [6.45, 7) is 1.66. The summed E-state index contributed by atoms with van der Waals surface area (Å²) in [7, 11) is 0. The quantitative estimate of drug-likeness (QED) is 0.203. The Morgan fingerprint density at radius 3 is 1.30 bits per heavy atom. The third-order valence-corrected chi connectivity index (χ3v) is 9.52. The number of anilines is 6. The van der Waals surface area contributed by atoms with Crippen LogP contribution in [0, 0.1) is 0 Å². The Morgan fingerprint density at radius 1 is 0.426 bits per heavy atom. The van der Waals surface area contributed by atoms with E-state index in [0.717, 1.165) is 66.6 Å². The van der Waals surface area contributed by atoms with Crippen LogP contribution < -0.4 is 19.6 Å². The Morgan fingerprint density at radius 2 is 0.830 bits per heavy atom. The number of hydrogen-bond donors (Lipinski definition) is 2. The summed E-state index contributed by atoms with van der Waals surface area (Å²) < 4.78 is 12.4. The number of nitrogens with zero attached hydrogens (tertiary/aromatic N) is 4. The van der Waals surface area contributed by atoms with Gasteiger partial charge in [-0.1, -0.05) is 60.7 Å². The van der Waals surface area contributed by atoms with Gasteiger partial charge in [0.15, 0.2) is 0 Å². The lowest BCUT2D eigenvalue weighted by atomic mass is 10.1. The molecule has 2 aliphatic heterocycles. The monoisotopic (exact) mass is 616 g/mol. The van der Waals surface area contributed by atoms with E-state index >= 15 is 0 Å². The lowest BCUT2D eigenvalue weighted by Gasteiger charge is -2.29. The fraction of sp³-hybridized carbons (Fsp3) is 0.0769. The van der Waals surface area contributed by atoms with Crippen molar-refractivity contribution in [3.63, 3.8) is 0 Å². The Kier molecular flexibility index (Phi) is 5.31. The number of fused-ring (bicyclic) bond motifs is 8. The van der Waals surface area contributed by atoms with Crippen LogP contribution in [0.25, 0.3) is 43.9 Å². The van der Waals surface area contributed by atoms with Crippen molar-refractivity contribution in [2.45, 2.75) is 0 Å². The van der Waals surface area contributed by atoms with Crippen LogP contribution in [0.15, 0.2) is 130 Å². The maximum Gasteiger partial charge on any atom is 0.140 e. The van der Waals surface area contributed by atoms with Gasteiger partial charge in [-0.3, -0.25) is 0 Å². The molecule has 8 nitrogen and oxygen atoms in total. The highest BCUT2D eigenvalue weighted by Gasteiger charge is 2.34. The maximum absolute atomic E-state index is 11.3. The second kappa shape index (κ2) is 9.61. The summed E-state index contributed by atoms with van der Waals surface area (Å²) in [4.78, 5) is 8.89. The van der Waals surface area contributed by atoms with Crippen molar-refractivity contribution in [3.05, 3.63) is 121 Å². The molecule has 0 unspecified atom stereocenters. The number of benzene rings is 6. The summed E-state index contributed by atoms with van der Waals surface area (Å²) in [5.41, 5.74) is 8.61. The van der Waals surface area contributed by atoms with Crippen molar-refractivity contribution in [3.8, 4) is 11.5 Å². The third kappa shape index (κ3) is 3.81. The van der Waals surface area contributed by atoms with Gasteiger partial charge in [0.25, 0.3) is 0 Å². The van der Waals surface area contributed by atoms with Crippen LogP contribution in [0.3, 0.4) is 0 Å². The van der Waals surface area contributed by atoms with Crippen LogP contribution in [0.1, 0.15) is 0 Å². The lowest BCUT2D eigenvalue weighted by molar-refractivity contribution is 0.476. The largest absolute Gasteiger partial charge is 0.506 e. The normalized spacial score (nSPS) is 14.3. The Balaban J connectivity index is 1.00. The molecule has 0 radical (unpaired) electrons. The summed E-state index contributed by atoms with van der Waals surface area (Å²) in [5, 5.41) is 26.4.